The number of benzene rings is 1. The van der Waals surface area contributed by atoms with E-state index in [1.165, 1.54) is 0 Å². The number of aromatic nitrogens is 2. The van der Waals surface area contributed by atoms with Crippen LogP contribution in [0.3, 0.4) is 0 Å². The number of hydrogen-bond donors (Lipinski definition) is 1. The van der Waals surface area contributed by atoms with Crippen LogP contribution in [-0.2, 0) is 4.79 Å². The molecule has 0 unspecified atom stereocenters. The molecule has 1 aromatic carbocycles. The highest BCUT2D eigenvalue weighted by atomic mass is 16.2. The summed E-state index contributed by atoms with van der Waals surface area (Å²) in [7, 11) is 0. The van der Waals surface area contributed by atoms with Gasteiger partial charge in [0.2, 0.25) is 5.91 Å². The van der Waals surface area contributed by atoms with Gasteiger partial charge in [-0.3, -0.25) is 9.59 Å². The average Bonchev–Trinajstić information content (AvgIpc) is 2.95. The van der Waals surface area contributed by atoms with Crippen LogP contribution in [0.2, 0.25) is 0 Å². The van der Waals surface area contributed by atoms with Crippen molar-refractivity contribution in [1.29, 1.82) is 0 Å². The fourth-order valence-electron chi connectivity index (χ4n) is 2.53. The van der Waals surface area contributed by atoms with Gasteiger partial charge in [-0.15, -0.1) is 0 Å². The number of carbonyl (C=O) groups is 2. The summed E-state index contributed by atoms with van der Waals surface area (Å²) in [6, 6.07) is 5.54. The van der Waals surface area contributed by atoms with Crippen molar-refractivity contribution < 1.29 is 9.59 Å². The summed E-state index contributed by atoms with van der Waals surface area (Å²) in [5.41, 5.74) is 2.17. The monoisotopic (exact) mass is 272 g/mol. The number of piperazine rings is 1. The van der Waals surface area contributed by atoms with Gasteiger partial charge in [0.25, 0.3) is 5.91 Å². The molecule has 3 rings (SSSR count). The molecule has 0 atom stereocenters. The van der Waals surface area contributed by atoms with E-state index in [0.717, 1.165) is 5.52 Å². The first-order valence-electron chi connectivity index (χ1n) is 6.63. The summed E-state index contributed by atoms with van der Waals surface area (Å²) >= 11 is 0. The second-order valence-electron chi connectivity index (χ2n) is 4.90. The van der Waals surface area contributed by atoms with Gasteiger partial charge in [0.1, 0.15) is 5.52 Å². The molecule has 0 aliphatic carbocycles. The van der Waals surface area contributed by atoms with Crippen molar-refractivity contribution in [1.82, 2.24) is 19.8 Å². The molecule has 2 heterocycles. The van der Waals surface area contributed by atoms with Crippen molar-refractivity contribution in [3.63, 3.8) is 0 Å². The maximum absolute atomic E-state index is 12.6. The van der Waals surface area contributed by atoms with Crippen molar-refractivity contribution in [2.45, 2.75) is 6.92 Å². The first-order valence-corrected chi connectivity index (χ1v) is 6.63. The zero-order valence-corrected chi connectivity index (χ0v) is 11.3. The predicted octanol–water partition coefficient (Wildman–Crippen LogP) is 0.867. The minimum Gasteiger partial charge on any atom is -0.345 e. The number of carbonyl (C=O) groups excluding carboxylic acids is 2. The third-order valence-electron chi connectivity index (χ3n) is 3.69. The van der Waals surface area contributed by atoms with Crippen LogP contribution >= 0.6 is 0 Å². The number of para-hydroxylation sites is 1. The number of H-pyrrole nitrogens is 1. The summed E-state index contributed by atoms with van der Waals surface area (Å²) in [6.45, 7) is 3.88. The highest BCUT2D eigenvalue weighted by Gasteiger charge is 2.24. The van der Waals surface area contributed by atoms with Crippen LogP contribution in [0.1, 0.15) is 17.3 Å². The van der Waals surface area contributed by atoms with Crippen molar-refractivity contribution in [2.24, 2.45) is 0 Å². The Balaban J connectivity index is 1.80. The van der Waals surface area contributed by atoms with E-state index >= 15 is 0 Å². The Labute approximate surface area is 116 Å². The Bertz CT molecular complexity index is 656. The third kappa shape index (κ3) is 2.13. The summed E-state index contributed by atoms with van der Waals surface area (Å²) < 4.78 is 0. The molecule has 1 saturated heterocycles. The molecular formula is C14H16N4O2. The first kappa shape index (κ1) is 12.7. The number of aromatic amines is 1. The van der Waals surface area contributed by atoms with Crippen LogP contribution in [0.25, 0.3) is 11.0 Å². The van der Waals surface area contributed by atoms with Gasteiger partial charge < -0.3 is 14.8 Å². The van der Waals surface area contributed by atoms with Gasteiger partial charge in [-0.25, -0.2) is 4.98 Å². The fraction of sp³-hybridized carbons (Fsp3) is 0.357. The third-order valence-corrected chi connectivity index (χ3v) is 3.69. The standard InChI is InChI=1S/C14H16N4O2/c1-10(19)17-5-7-18(8-6-17)14(20)11-3-2-4-12-13(11)16-9-15-12/h2-4,9H,5-8H2,1H3,(H,15,16). The van der Waals surface area contributed by atoms with E-state index in [1.807, 2.05) is 12.1 Å². The van der Waals surface area contributed by atoms with E-state index in [9.17, 15) is 9.59 Å². The molecule has 2 aromatic rings. The summed E-state index contributed by atoms with van der Waals surface area (Å²) in [4.78, 5) is 34.6. The van der Waals surface area contributed by atoms with Crippen LogP contribution in [0.5, 0.6) is 0 Å². The van der Waals surface area contributed by atoms with Crippen LogP contribution in [0, 0.1) is 0 Å². The molecule has 0 spiro atoms. The van der Waals surface area contributed by atoms with Crippen LogP contribution < -0.4 is 0 Å². The zero-order valence-electron chi connectivity index (χ0n) is 11.3. The van der Waals surface area contributed by atoms with E-state index in [2.05, 4.69) is 9.97 Å². The number of nitrogens with one attached hydrogen (secondary N) is 1. The highest BCUT2D eigenvalue weighted by molar-refractivity contribution is 6.04. The Kier molecular flexibility index (Phi) is 3.14. The van der Waals surface area contributed by atoms with Gasteiger partial charge in [-0.05, 0) is 12.1 Å². The molecule has 2 amide bonds. The molecular weight excluding hydrogens is 256 g/mol. The first-order chi connectivity index (χ1) is 9.66. The van der Waals surface area contributed by atoms with Crippen molar-refractivity contribution >= 4 is 22.8 Å². The smallest absolute Gasteiger partial charge is 0.256 e. The van der Waals surface area contributed by atoms with Crippen molar-refractivity contribution in [2.75, 3.05) is 26.2 Å². The number of nitrogens with zero attached hydrogens (tertiary/aromatic N) is 3. The molecule has 1 aliphatic heterocycles. The zero-order chi connectivity index (χ0) is 14.1. The van der Waals surface area contributed by atoms with Crippen LogP contribution in [-0.4, -0.2) is 57.8 Å². The van der Waals surface area contributed by atoms with Crippen molar-refractivity contribution in [3.05, 3.63) is 30.1 Å². The maximum Gasteiger partial charge on any atom is 0.256 e. The molecule has 0 saturated carbocycles. The average molecular weight is 272 g/mol. The van der Waals surface area contributed by atoms with Gasteiger partial charge in [0.15, 0.2) is 0 Å². The van der Waals surface area contributed by atoms with E-state index < -0.39 is 0 Å². The predicted molar refractivity (Wildman–Crippen MR) is 74.3 cm³/mol. The van der Waals surface area contributed by atoms with E-state index in [1.54, 1.807) is 29.1 Å². The van der Waals surface area contributed by atoms with Crippen LogP contribution in [0.4, 0.5) is 0 Å². The maximum atomic E-state index is 12.6. The number of rotatable bonds is 1. The van der Waals surface area contributed by atoms with E-state index in [0.29, 0.717) is 37.3 Å². The molecule has 1 N–H and O–H groups in total. The van der Waals surface area contributed by atoms with Gasteiger partial charge in [0, 0.05) is 33.1 Å². The second kappa shape index (κ2) is 4.96. The SMILES string of the molecule is CC(=O)N1CCN(C(=O)c2cccc3[nH]cnc23)CC1. The minimum absolute atomic E-state index is 0.0223. The molecule has 0 bridgehead atoms. The normalized spacial score (nSPS) is 15.7. The van der Waals surface area contributed by atoms with Gasteiger partial charge in [0.05, 0.1) is 17.4 Å². The molecule has 1 fully saturated rings. The van der Waals surface area contributed by atoms with E-state index in [4.69, 9.17) is 0 Å². The fourth-order valence-corrected chi connectivity index (χ4v) is 2.53. The molecule has 20 heavy (non-hydrogen) atoms. The summed E-state index contributed by atoms with van der Waals surface area (Å²) in [5.74, 6) is 0.0393. The quantitative estimate of drug-likeness (QED) is 0.837. The van der Waals surface area contributed by atoms with Crippen LogP contribution in [0.15, 0.2) is 24.5 Å². The molecule has 104 valence electrons. The molecule has 6 nitrogen and oxygen atoms in total. The lowest BCUT2D eigenvalue weighted by molar-refractivity contribution is -0.130. The number of amides is 2. The highest BCUT2D eigenvalue weighted by Crippen LogP contribution is 2.17. The van der Waals surface area contributed by atoms with Gasteiger partial charge in [-0.1, -0.05) is 6.07 Å². The van der Waals surface area contributed by atoms with Crippen molar-refractivity contribution in [3.8, 4) is 0 Å². The lowest BCUT2D eigenvalue weighted by atomic mass is 10.1. The summed E-state index contributed by atoms with van der Waals surface area (Å²) in [6.07, 6.45) is 1.59. The van der Waals surface area contributed by atoms with E-state index in [-0.39, 0.29) is 11.8 Å². The number of fused-ring (bicyclic) bond motifs is 1. The lowest BCUT2D eigenvalue weighted by Gasteiger charge is -2.34. The van der Waals surface area contributed by atoms with Gasteiger partial charge >= 0.3 is 0 Å². The Morgan fingerprint density at radius 1 is 1.15 bits per heavy atom. The Morgan fingerprint density at radius 2 is 1.85 bits per heavy atom. The molecule has 1 aliphatic rings. The largest absolute Gasteiger partial charge is 0.345 e. The topological polar surface area (TPSA) is 69.3 Å². The summed E-state index contributed by atoms with van der Waals surface area (Å²) in [5, 5.41) is 0. The lowest BCUT2D eigenvalue weighted by Crippen LogP contribution is -2.50. The minimum atomic E-state index is -0.0223. The number of hydrogen-bond acceptors (Lipinski definition) is 3. The molecule has 0 radical (unpaired) electrons. The molecule has 1 aromatic heterocycles. The second-order valence-corrected chi connectivity index (χ2v) is 4.90. The van der Waals surface area contributed by atoms with Gasteiger partial charge in [-0.2, -0.15) is 0 Å². The Hall–Kier alpha value is -2.37. The Morgan fingerprint density at radius 3 is 2.55 bits per heavy atom. The number of imidazole rings is 1. The molecule has 6 heteroatoms.